The minimum absolute atomic E-state index is 0.0848. The number of hydrogen-bond donors (Lipinski definition) is 1. The molecule has 0 aromatic rings. The van der Waals surface area contributed by atoms with Crippen LogP contribution in [0.15, 0.2) is 0 Å². The molecule has 0 aromatic heterocycles. The summed E-state index contributed by atoms with van der Waals surface area (Å²) in [7, 11) is -1.61. The van der Waals surface area contributed by atoms with Gasteiger partial charge in [-0.2, -0.15) is 5.26 Å². The Balaban J connectivity index is 2.51. The molecule has 0 radical (unpaired) electrons. The Morgan fingerprint density at radius 1 is 1.37 bits per heavy atom. The van der Waals surface area contributed by atoms with E-state index in [1.165, 1.54) is 0 Å². The molecular formula is C13H24N2O3S. The largest absolute Gasteiger partial charge is 0.378 e. The number of rotatable bonds is 7. The third-order valence-electron chi connectivity index (χ3n) is 4.55. The van der Waals surface area contributed by atoms with Crippen molar-refractivity contribution in [2.75, 3.05) is 12.9 Å². The van der Waals surface area contributed by atoms with Crippen LogP contribution >= 0.6 is 0 Å². The first-order valence-electron chi connectivity index (χ1n) is 6.60. The predicted octanol–water partition coefficient (Wildman–Crippen LogP) is 1.80. The van der Waals surface area contributed by atoms with E-state index >= 15 is 0 Å². The van der Waals surface area contributed by atoms with E-state index in [4.69, 9.17) is 10.00 Å². The molecule has 0 aliphatic heterocycles. The molecule has 0 unspecified atom stereocenters. The number of nitrogens with zero attached hydrogens (tertiary/aromatic N) is 1. The maximum absolute atomic E-state index is 11.9. The van der Waals surface area contributed by atoms with Gasteiger partial charge in [0.15, 0.2) is 0 Å². The molecule has 110 valence electrons. The monoisotopic (exact) mass is 288 g/mol. The molecule has 1 fully saturated rings. The summed E-state index contributed by atoms with van der Waals surface area (Å²) in [6.07, 6.45) is 2.25. The third-order valence-corrected chi connectivity index (χ3v) is 6.02. The molecule has 5 nitrogen and oxygen atoms in total. The molecule has 0 amide bonds. The predicted molar refractivity (Wildman–Crippen MR) is 74.0 cm³/mol. The molecule has 2 atom stereocenters. The quantitative estimate of drug-likeness (QED) is 0.724. The van der Waals surface area contributed by atoms with Gasteiger partial charge in [0.25, 0.3) is 0 Å². The molecule has 0 spiro atoms. The number of ether oxygens (including phenoxy) is 1. The van der Waals surface area contributed by atoms with Crippen molar-refractivity contribution < 1.29 is 13.2 Å². The lowest BCUT2D eigenvalue weighted by Crippen LogP contribution is -2.68. The van der Waals surface area contributed by atoms with E-state index in [0.717, 1.165) is 0 Å². The number of methoxy groups -OCH3 is 1. The van der Waals surface area contributed by atoms with Crippen LogP contribution in [0.1, 0.15) is 46.5 Å². The van der Waals surface area contributed by atoms with Gasteiger partial charge in [0.05, 0.1) is 17.4 Å². The molecule has 19 heavy (non-hydrogen) atoms. The maximum Gasteiger partial charge on any atom is 0.211 e. The minimum Gasteiger partial charge on any atom is -0.378 e. The van der Waals surface area contributed by atoms with Gasteiger partial charge in [-0.05, 0) is 26.2 Å². The van der Waals surface area contributed by atoms with Gasteiger partial charge in [-0.3, -0.25) is 0 Å². The summed E-state index contributed by atoms with van der Waals surface area (Å²) in [6, 6.07) is 1.93. The van der Waals surface area contributed by atoms with E-state index in [0.29, 0.717) is 25.7 Å². The van der Waals surface area contributed by atoms with Crippen molar-refractivity contribution in [1.82, 2.24) is 4.72 Å². The fourth-order valence-electron chi connectivity index (χ4n) is 2.45. The fourth-order valence-corrected chi connectivity index (χ4v) is 3.97. The summed E-state index contributed by atoms with van der Waals surface area (Å²) in [5, 5.41) is 8.41. The Hall–Kier alpha value is -0.640. The van der Waals surface area contributed by atoms with E-state index in [9.17, 15) is 8.42 Å². The van der Waals surface area contributed by atoms with Crippen LogP contribution < -0.4 is 4.72 Å². The number of hydrogen-bond acceptors (Lipinski definition) is 4. The zero-order valence-corrected chi connectivity index (χ0v) is 13.0. The highest BCUT2D eigenvalue weighted by atomic mass is 32.2. The first kappa shape index (κ1) is 16.4. The molecule has 0 bridgehead atoms. The highest BCUT2D eigenvalue weighted by Gasteiger charge is 2.58. The highest BCUT2D eigenvalue weighted by Crippen LogP contribution is 2.51. The van der Waals surface area contributed by atoms with Gasteiger partial charge in [-0.15, -0.1) is 0 Å². The lowest BCUT2D eigenvalue weighted by atomic mass is 9.56. The van der Waals surface area contributed by atoms with E-state index in [1.807, 2.05) is 26.8 Å². The average Bonchev–Trinajstić information content (AvgIpc) is 2.33. The van der Waals surface area contributed by atoms with Crippen molar-refractivity contribution in [2.24, 2.45) is 5.41 Å². The number of nitriles is 1. The Morgan fingerprint density at radius 2 is 2.00 bits per heavy atom. The zero-order chi connectivity index (χ0) is 14.7. The molecule has 1 aliphatic carbocycles. The first-order valence-corrected chi connectivity index (χ1v) is 8.26. The number of nitrogens with one attached hydrogen (secondary N) is 1. The fraction of sp³-hybridized carbons (Fsp3) is 0.923. The van der Waals surface area contributed by atoms with Gasteiger partial charge in [-0.1, -0.05) is 13.8 Å². The van der Waals surface area contributed by atoms with Gasteiger partial charge >= 0.3 is 0 Å². The normalized spacial score (nSPS) is 29.5. The lowest BCUT2D eigenvalue weighted by Gasteiger charge is -2.58. The zero-order valence-electron chi connectivity index (χ0n) is 12.2. The average molecular weight is 288 g/mol. The summed E-state index contributed by atoms with van der Waals surface area (Å²) >= 11 is 0. The Morgan fingerprint density at radius 3 is 2.47 bits per heavy atom. The summed E-state index contributed by atoms with van der Waals surface area (Å²) < 4.78 is 32.1. The van der Waals surface area contributed by atoms with Crippen molar-refractivity contribution in [3.8, 4) is 6.07 Å². The van der Waals surface area contributed by atoms with Crippen molar-refractivity contribution >= 4 is 10.0 Å². The highest BCUT2D eigenvalue weighted by molar-refractivity contribution is 7.89. The molecule has 0 heterocycles. The van der Waals surface area contributed by atoms with Crippen LogP contribution in [0.4, 0.5) is 0 Å². The van der Waals surface area contributed by atoms with Crippen LogP contribution in [0.3, 0.4) is 0 Å². The second-order valence-electron chi connectivity index (χ2n) is 5.97. The first-order chi connectivity index (χ1) is 8.68. The van der Waals surface area contributed by atoms with E-state index in [1.54, 1.807) is 7.11 Å². The van der Waals surface area contributed by atoms with Crippen molar-refractivity contribution in [2.45, 2.75) is 58.1 Å². The second-order valence-corrected chi connectivity index (χ2v) is 7.84. The summed E-state index contributed by atoms with van der Waals surface area (Å²) in [6.45, 7) is 6.04. The summed E-state index contributed by atoms with van der Waals surface area (Å²) in [4.78, 5) is 0. The number of unbranched alkanes of at least 4 members (excludes halogenated alkanes) is 2. The molecule has 1 aliphatic rings. The summed E-state index contributed by atoms with van der Waals surface area (Å²) in [5.41, 5.74) is -0.498. The Bertz CT molecular complexity index is 453. The standard InChI is InChI=1S/C13H24N2O3S/c1-12(2)11(10-13(12,3)18-4)15-19(16,17)9-7-5-6-8-14/h11,15H,5-7,9-10H2,1-4H3/t11-,13+/m0/s1. The van der Waals surface area contributed by atoms with Gasteiger partial charge < -0.3 is 4.74 Å². The van der Waals surface area contributed by atoms with E-state index < -0.39 is 10.0 Å². The molecule has 6 heteroatoms. The van der Waals surface area contributed by atoms with Crippen LogP contribution in [0.5, 0.6) is 0 Å². The van der Waals surface area contributed by atoms with Crippen LogP contribution in [0.25, 0.3) is 0 Å². The lowest BCUT2D eigenvalue weighted by molar-refractivity contribution is -0.175. The molecule has 0 aromatic carbocycles. The molecule has 1 rings (SSSR count). The third kappa shape index (κ3) is 3.47. The van der Waals surface area contributed by atoms with Gasteiger partial charge in [-0.25, -0.2) is 13.1 Å². The van der Waals surface area contributed by atoms with E-state index in [-0.39, 0.29) is 22.8 Å². The van der Waals surface area contributed by atoms with Crippen LogP contribution in [0, 0.1) is 16.7 Å². The molecule has 1 N–H and O–H groups in total. The molecule has 0 saturated heterocycles. The van der Waals surface area contributed by atoms with Crippen LogP contribution in [-0.2, 0) is 14.8 Å². The van der Waals surface area contributed by atoms with Crippen molar-refractivity contribution in [3.05, 3.63) is 0 Å². The van der Waals surface area contributed by atoms with Gasteiger partial charge in [0.2, 0.25) is 10.0 Å². The van der Waals surface area contributed by atoms with Gasteiger partial charge in [0, 0.05) is 25.0 Å². The van der Waals surface area contributed by atoms with E-state index in [2.05, 4.69) is 4.72 Å². The Labute approximate surface area is 116 Å². The molecular weight excluding hydrogens is 264 g/mol. The van der Waals surface area contributed by atoms with Crippen LogP contribution in [-0.4, -0.2) is 32.9 Å². The number of sulfonamides is 1. The SMILES string of the molecule is CO[C@]1(C)C[C@H](NS(=O)(=O)CCCCC#N)C1(C)C. The maximum atomic E-state index is 11.9. The smallest absolute Gasteiger partial charge is 0.211 e. The van der Waals surface area contributed by atoms with Crippen molar-refractivity contribution in [1.29, 1.82) is 5.26 Å². The second kappa shape index (κ2) is 5.78. The topological polar surface area (TPSA) is 79.2 Å². The van der Waals surface area contributed by atoms with Crippen LogP contribution in [0.2, 0.25) is 0 Å². The Kier molecular flexibility index (Phi) is 4.99. The van der Waals surface area contributed by atoms with Gasteiger partial charge in [0.1, 0.15) is 0 Å². The summed E-state index contributed by atoms with van der Waals surface area (Å²) in [5.74, 6) is 0.0883. The van der Waals surface area contributed by atoms with Crippen molar-refractivity contribution in [3.63, 3.8) is 0 Å². The minimum atomic E-state index is -3.27. The molecule has 1 saturated carbocycles.